The van der Waals surface area contributed by atoms with Gasteiger partial charge in [-0.15, -0.1) is 0 Å². The first-order chi connectivity index (χ1) is 33.2. The highest BCUT2D eigenvalue weighted by atomic mass is 16.6. The second-order valence-corrected chi connectivity index (χ2v) is 22.1. The minimum absolute atomic E-state index is 0.0284. The topological polar surface area (TPSA) is 130 Å². The van der Waals surface area contributed by atoms with Crippen LogP contribution in [0.1, 0.15) is 180 Å². The summed E-state index contributed by atoms with van der Waals surface area (Å²) in [5, 5.41) is 36.3. The van der Waals surface area contributed by atoms with E-state index in [1.54, 1.807) is 13.0 Å². The summed E-state index contributed by atoms with van der Waals surface area (Å²) in [5.74, 6) is -5.17. The van der Waals surface area contributed by atoms with Gasteiger partial charge in [-0.05, 0) is 53.5 Å². The van der Waals surface area contributed by atoms with Gasteiger partial charge in [0, 0.05) is 29.6 Å². The molecule has 8 atom stereocenters. The van der Waals surface area contributed by atoms with Crippen molar-refractivity contribution in [2.24, 2.45) is 35.0 Å². The highest BCUT2D eigenvalue weighted by molar-refractivity contribution is 6.04. The fourth-order valence-electron chi connectivity index (χ4n) is 13.3. The molecule has 4 aliphatic carbocycles. The maximum atomic E-state index is 14.1. The molecule has 8 nitrogen and oxygen atoms in total. The van der Waals surface area contributed by atoms with Crippen molar-refractivity contribution in [1.29, 1.82) is 0 Å². The second-order valence-electron chi connectivity index (χ2n) is 22.1. The Kier molecular flexibility index (Phi) is 17.3. The van der Waals surface area contributed by atoms with Crippen LogP contribution in [-0.2, 0) is 29.5 Å². The van der Waals surface area contributed by atoms with E-state index in [4.69, 9.17) is 9.47 Å². The Labute approximate surface area is 413 Å². The molecule has 0 bridgehead atoms. The molecular formula is C61H82O8. The molecule has 2 fully saturated rings. The zero-order chi connectivity index (χ0) is 49.3. The molecule has 3 aromatic rings. The van der Waals surface area contributed by atoms with Gasteiger partial charge in [-0.3, -0.25) is 14.4 Å². The number of carbonyl (C=O) groups is 3. The van der Waals surface area contributed by atoms with Crippen LogP contribution in [0.5, 0.6) is 0 Å². The highest BCUT2D eigenvalue weighted by Gasteiger charge is 2.83. The lowest BCUT2D eigenvalue weighted by atomic mass is 9.60. The van der Waals surface area contributed by atoms with E-state index in [0.717, 1.165) is 42.4 Å². The van der Waals surface area contributed by atoms with Gasteiger partial charge in [0.15, 0.2) is 5.78 Å². The van der Waals surface area contributed by atoms with Crippen LogP contribution in [0.4, 0.5) is 0 Å². The predicted molar refractivity (Wildman–Crippen MR) is 273 cm³/mol. The molecule has 3 N–H and O–H groups in total. The minimum Gasteiger partial charge on any atom is -0.481 e. The number of unbranched alkanes of at least 4 members (excludes halogenated alkanes) is 15. The second kappa shape index (κ2) is 22.8. The molecule has 0 saturated heterocycles. The lowest BCUT2D eigenvalue weighted by Gasteiger charge is -2.50. The van der Waals surface area contributed by atoms with E-state index in [0.29, 0.717) is 24.0 Å². The summed E-state index contributed by atoms with van der Waals surface area (Å²) in [5.41, 5.74) is -2.31. The zero-order valence-corrected chi connectivity index (χ0v) is 42.4. The van der Waals surface area contributed by atoms with E-state index >= 15 is 0 Å². The number of aliphatic hydroxyl groups is 2. The lowest BCUT2D eigenvalue weighted by molar-refractivity contribution is -0.188. The van der Waals surface area contributed by atoms with Gasteiger partial charge in [-0.1, -0.05) is 234 Å². The van der Waals surface area contributed by atoms with Crippen LogP contribution in [0.2, 0.25) is 0 Å². The van der Waals surface area contributed by atoms with Crippen LogP contribution in [0.3, 0.4) is 0 Å². The van der Waals surface area contributed by atoms with E-state index < -0.39 is 69.2 Å². The Bertz CT molecular complexity index is 2140. The number of aliphatic carboxylic acids is 1. The first-order valence-corrected chi connectivity index (χ1v) is 26.8. The molecule has 7 rings (SSSR count). The van der Waals surface area contributed by atoms with Crippen LogP contribution in [0.15, 0.2) is 114 Å². The number of ether oxygens (including phenoxy) is 2. The van der Waals surface area contributed by atoms with Crippen molar-refractivity contribution in [3.63, 3.8) is 0 Å². The van der Waals surface area contributed by atoms with Crippen molar-refractivity contribution >= 4 is 17.7 Å². The average molecular weight is 943 g/mol. The van der Waals surface area contributed by atoms with Crippen molar-refractivity contribution in [1.82, 2.24) is 0 Å². The molecule has 0 radical (unpaired) electrons. The normalized spacial score (nSPS) is 27.3. The Balaban J connectivity index is 1.04. The van der Waals surface area contributed by atoms with E-state index in [1.165, 1.54) is 77.0 Å². The van der Waals surface area contributed by atoms with Crippen molar-refractivity contribution in [2.75, 3.05) is 6.61 Å². The number of rotatable bonds is 27. The minimum atomic E-state index is -1.91. The Morgan fingerprint density at radius 2 is 1.17 bits per heavy atom. The SMILES string of the molecule is CCCCCCCCCCCCCCCCCCC(CC(=O)O[C@@]12C[C@@H](C)[C@@]3(O)[C@@H](C=C(COC(c4ccccc4)(c4ccccc4)c4ccccc4)C[C@]4(O)C(=O)C(C)=C[C@@H]34)[C@@H]1C2(C)C)C(=O)O. The molecular weight excluding hydrogens is 861 g/mol. The third-order valence-corrected chi connectivity index (χ3v) is 17.2. The number of ketones is 1. The van der Waals surface area contributed by atoms with Gasteiger partial charge >= 0.3 is 11.9 Å². The maximum absolute atomic E-state index is 14.1. The van der Waals surface area contributed by atoms with Crippen LogP contribution in [0.25, 0.3) is 0 Å². The summed E-state index contributed by atoms with van der Waals surface area (Å²) in [6, 6.07) is 30.1. The monoisotopic (exact) mass is 943 g/mol. The van der Waals surface area contributed by atoms with Crippen molar-refractivity contribution in [3.05, 3.63) is 131 Å². The Hall–Kier alpha value is -4.37. The lowest BCUT2D eigenvalue weighted by Crippen LogP contribution is -2.61. The molecule has 4 aliphatic rings. The quantitative estimate of drug-likeness (QED) is 0.0298. The van der Waals surface area contributed by atoms with Gasteiger partial charge in [0.1, 0.15) is 16.8 Å². The summed E-state index contributed by atoms with van der Waals surface area (Å²) >= 11 is 0. The number of hydrogen-bond acceptors (Lipinski definition) is 7. The number of esters is 1. The third kappa shape index (κ3) is 10.8. The molecule has 374 valence electrons. The molecule has 0 heterocycles. The number of Topliss-reactive ketones (excluding diaryl/α,β-unsaturated/α-hetero) is 1. The maximum Gasteiger partial charge on any atom is 0.307 e. The Morgan fingerprint density at radius 3 is 1.64 bits per heavy atom. The summed E-state index contributed by atoms with van der Waals surface area (Å²) < 4.78 is 13.9. The molecule has 0 aromatic heterocycles. The smallest absolute Gasteiger partial charge is 0.307 e. The van der Waals surface area contributed by atoms with E-state index in [-0.39, 0.29) is 25.4 Å². The van der Waals surface area contributed by atoms with Crippen LogP contribution < -0.4 is 0 Å². The largest absolute Gasteiger partial charge is 0.481 e. The van der Waals surface area contributed by atoms with Gasteiger partial charge in [-0.25, -0.2) is 0 Å². The number of fused-ring (bicyclic) bond motifs is 5. The summed E-state index contributed by atoms with van der Waals surface area (Å²) in [6.07, 6.45) is 24.1. The standard InChI is InChI=1S/C61H82O8/c1-6-7-8-9-10-11-12-13-14-15-16-17-18-19-20-24-31-47(56(64)65)40-53(62)69-59-41-45(3)60(67)51(54(59)57(59,4)5)39-46(42-58(66)52(60)38-44(2)55(58)63)43-68-61(48-32-25-21-26-33-48,49-34-27-22-28-35-49)50-36-29-23-30-37-50/h21-23,25-30,32-39,45,47,51-52,54,66-67H,6-20,24,31,40-43H2,1-5H3,(H,64,65)/t45-,47?,51+,52-,54-,58-,59+,60-/m1/s1. The third-order valence-electron chi connectivity index (χ3n) is 17.2. The number of carboxylic acids is 1. The summed E-state index contributed by atoms with van der Waals surface area (Å²) in [4.78, 5) is 40.8. The first kappa shape index (κ1) is 52.5. The molecule has 8 heteroatoms. The van der Waals surface area contributed by atoms with Crippen molar-refractivity contribution in [3.8, 4) is 0 Å². The average Bonchev–Trinajstić information content (AvgIpc) is 3.75. The van der Waals surface area contributed by atoms with Gasteiger partial charge in [0.25, 0.3) is 0 Å². The molecule has 69 heavy (non-hydrogen) atoms. The van der Waals surface area contributed by atoms with Gasteiger partial charge in [-0.2, -0.15) is 0 Å². The number of hydrogen-bond donors (Lipinski definition) is 3. The van der Waals surface area contributed by atoms with Crippen LogP contribution in [0, 0.1) is 35.0 Å². The zero-order valence-electron chi connectivity index (χ0n) is 42.4. The van der Waals surface area contributed by atoms with Crippen LogP contribution >= 0.6 is 0 Å². The first-order valence-electron chi connectivity index (χ1n) is 26.8. The number of benzene rings is 3. The molecule has 2 saturated carbocycles. The number of carbonyl (C=O) groups excluding carboxylic acids is 2. The highest BCUT2D eigenvalue weighted by Crippen LogP contribution is 2.76. The van der Waals surface area contributed by atoms with Crippen LogP contribution in [-0.4, -0.2) is 56.5 Å². The van der Waals surface area contributed by atoms with E-state index in [1.807, 2.05) is 104 Å². The fourth-order valence-corrected chi connectivity index (χ4v) is 13.3. The molecule has 1 unspecified atom stereocenters. The summed E-state index contributed by atoms with van der Waals surface area (Å²) in [7, 11) is 0. The molecule has 0 aliphatic heterocycles. The number of carboxylic acid groups (broad SMARTS) is 1. The predicted octanol–water partition coefficient (Wildman–Crippen LogP) is 13.3. The van der Waals surface area contributed by atoms with E-state index in [2.05, 4.69) is 20.8 Å². The van der Waals surface area contributed by atoms with Gasteiger partial charge < -0.3 is 24.8 Å². The van der Waals surface area contributed by atoms with Gasteiger partial charge in [0.05, 0.1) is 24.5 Å². The summed E-state index contributed by atoms with van der Waals surface area (Å²) in [6.45, 7) is 10.0. The van der Waals surface area contributed by atoms with E-state index in [9.17, 15) is 29.7 Å². The molecule has 0 amide bonds. The molecule has 0 spiro atoms. The van der Waals surface area contributed by atoms with Crippen molar-refractivity contribution < 1.29 is 39.2 Å². The molecule has 3 aromatic carbocycles. The van der Waals surface area contributed by atoms with Gasteiger partial charge in [0.2, 0.25) is 0 Å². The Morgan fingerprint density at radius 1 is 0.710 bits per heavy atom. The fraction of sp³-hybridized carbons (Fsp3) is 0.590. The van der Waals surface area contributed by atoms with Crippen molar-refractivity contribution in [2.45, 2.75) is 185 Å².